The van der Waals surface area contributed by atoms with Crippen LogP contribution in [-0.4, -0.2) is 57.4 Å². The molecule has 0 saturated carbocycles. The summed E-state index contributed by atoms with van der Waals surface area (Å²) in [6.45, 7) is 3.84. The molecule has 0 spiro atoms. The highest BCUT2D eigenvalue weighted by Gasteiger charge is 2.21. The maximum Gasteiger partial charge on any atom is 0.193 e. The Hall–Kier alpha value is -0.640. The molecule has 26 heavy (non-hydrogen) atoms. The first-order chi connectivity index (χ1) is 12.1. The van der Waals surface area contributed by atoms with Gasteiger partial charge in [-0.15, -0.1) is 24.0 Å². The average molecular weight is 500 g/mol. The van der Waals surface area contributed by atoms with Crippen molar-refractivity contribution < 1.29 is 13.9 Å². The average Bonchev–Trinajstić information content (AvgIpc) is 2.63. The molecule has 8 heteroatoms. The summed E-state index contributed by atoms with van der Waals surface area (Å²) < 4.78 is 24.1. The third-order valence-electron chi connectivity index (χ3n) is 4.23. The third-order valence-corrected chi connectivity index (χ3v) is 4.52. The van der Waals surface area contributed by atoms with Crippen molar-refractivity contribution in [2.75, 3.05) is 40.5 Å². The Morgan fingerprint density at radius 2 is 2.08 bits per heavy atom. The molecule has 0 amide bonds. The van der Waals surface area contributed by atoms with Crippen LogP contribution in [0.15, 0.2) is 23.2 Å². The Morgan fingerprint density at radius 1 is 1.35 bits per heavy atom. The zero-order chi connectivity index (χ0) is 18.1. The lowest BCUT2D eigenvalue weighted by Gasteiger charge is -2.34. The lowest BCUT2D eigenvalue weighted by atomic mass is 10.1. The third kappa shape index (κ3) is 7.54. The number of halogens is 3. The summed E-state index contributed by atoms with van der Waals surface area (Å²) in [4.78, 5) is 6.57. The normalized spacial score (nSPS) is 15.7. The van der Waals surface area contributed by atoms with Gasteiger partial charge in [0.1, 0.15) is 5.82 Å². The van der Waals surface area contributed by atoms with E-state index in [0.717, 1.165) is 57.1 Å². The summed E-state index contributed by atoms with van der Waals surface area (Å²) in [6.07, 6.45) is 3.20. The second-order valence-corrected chi connectivity index (χ2v) is 6.46. The minimum atomic E-state index is -0.401. The van der Waals surface area contributed by atoms with E-state index in [-0.39, 0.29) is 29.0 Å². The van der Waals surface area contributed by atoms with Crippen LogP contribution in [-0.2, 0) is 16.0 Å². The largest absolute Gasteiger partial charge is 0.385 e. The van der Waals surface area contributed by atoms with Gasteiger partial charge in [-0.2, -0.15) is 0 Å². The first-order valence-electron chi connectivity index (χ1n) is 8.64. The second kappa shape index (κ2) is 12.7. The van der Waals surface area contributed by atoms with Crippen LogP contribution in [0.1, 0.15) is 24.8 Å². The highest BCUT2D eigenvalue weighted by molar-refractivity contribution is 14.0. The monoisotopic (exact) mass is 499 g/mol. The molecule has 1 saturated heterocycles. The van der Waals surface area contributed by atoms with Gasteiger partial charge in [0.05, 0.1) is 11.1 Å². The molecule has 1 fully saturated rings. The fourth-order valence-corrected chi connectivity index (χ4v) is 3.05. The molecule has 148 valence electrons. The van der Waals surface area contributed by atoms with Crippen molar-refractivity contribution in [1.82, 2.24) is 10.2 Å². The molecule has 0 unspecified atom stereocenters. The van der Waals surface area contributed by atoms with Crippen molar-refractivity contribution in [3.8, 4) is 0 Å². The number of ether oxygens (including phenoxy) is 2. The highest BCUT2D eigenvalue weighted by atomic mass is 127. The van der Waals surface area contributed by atoms with Crippen LogP contribution in [0.5, 0.6) is 0 Å². The predicted octanol–water partition coefficient (Wildman–Crippen LogP) is 3.69. The molecule has 5 nitrogen and oxygen atoms in total. The maximum atomic E-state index is 13.2. The van der Waals surface area contributed by atoms with E-state index < -0.39 is 5.82 Å². The van der Waals surface area contributed by atoms with Crippen molar-refractivity contribution >= 4 is 41.5 Å². The molecule has 1 aromatic rings. The van der Waals surface area contributed by atoms with Crippen molar-refractivity contribution in [2.24, 2.45) is 4.99 Å². The lowest BCUT2D eigenvalue weighted by molar-refractivity contribution is 0.00989. The fraction of sp³-hybridized carbons (Fsp3) is 0.611. The molecule has 1 aliphatic rings. The van der Waals surface area contributed by atoms with Crippen molar-refractivity contribution in [1.29, 1.82) is 0 Å². The van der Waals surface area contributed by atoms with Crippen LogP contribution in [0.3, 0.4) is 0 Å². The topological polar surface area (TPSA) is 46.1 Å². The summed E-state index contributed by atoms with van der Waals surface area (Å²) >= 11 is 5.82. The second-order valence-electron chi connectivity index (χ2n) is 6.05. The van der Waals surface area contributed by atoms with Crippen molar-refractivity contribution in [2.45, 2.75) is 31.9 Å². The van der Waals surface area contributed by atoms with Crippen molar-refractivity contribution in [3.63, 3.8) is 0 Å². The van der Waals surface area contributed by atoms with Gasteiger partial charge in [-0.3, -0.25) is 4.99 Å². The molecule has 1 heterocycles. The number of hydrogen-bond acceptors (Lipinski definition) is 3. The summed E-state index contributed by atoms with van der Waals surface area (Å²) in [6, 6.07) is 4.74. The fourth-order valence-electron chi connectivity index (χ4n) is 2.85. The number of rotatable bonds is 7. The number of aliphatic imine (C=N–C) groups is 1. The van der Waals surface area contributed by atoms with Gasteiger partial charge < -0.3 is 19.7 Å². The van der Waals surface area contributed by atoms with Crippen LogP contribution in [0, 0.1) is 5.82 Å². The molecule has 2 rings (SSSR count). The number of guanidine groups is 1. The van der Waals surface area contributed by atoms with Gasteiger partial charge in [-0.05, 0) is 37.0 Å². The van der Waals surface area contributed by atoms with E-state index in [1.165, 1.54) is 6.07 Å². The van der Waals surface area contributed by atoms with Gasteiger partial charge in [0.2, 0.25) is 0 Å². The summed E-state index contributed by atoms with van der Waals surface area (Å²) in [5, 5.41) is 3.45. The minimum absolute atomic E-state index is 0. The van der Waals surface area contributed by atoms with E-state index in [2.05, 4.69) is 15.2 Å². The van der Waals surface area contributed by atoms with Crippen LogP contribution in [0.25, 0.3) is 0 Å². The van der Waals surface area contributed by atoms with Crippen LogP contribution in [0.2, 0.25) is 5.02 Å². The summed E-state index contributed by atoms with van der Waals surface area (Å²) in [7, 11) is 3.48. The first kappa shape index (κ1) is 23.4. The van der Waals surface area contributed by atoms with Gasteiger partial charge in [0.25, 0.3) is 0 Å². The number of nitrogens with one attached hydrogen (secondary N) is 1. The van der Waals surface area contributed by atoms with E-state index in [0.29, 0.717) is 12.6 Å². The summed E-state index contributed by atoms with van der Waals surface area (Å²) in [5.74, 6) is 0.445. The standard InChI is InChI=1S/C18H27ClFN3O2.HI/c1-21-18(22-13-14-4-5-17(20)16(19)12-14)23-8-6-15(7-9-23)25-11-3-10-24-2;/h4-5,12,15H,3,6-11,13H2,1-2H3,(H,21,22);1H. The van der Waals surface area contributed by atoms with E-state index in [4.69, 9.17) is 21.1 Å². The molecule has 0 bridgehead atoms. The molecule has 1 aromatic carbocycles. The molecule has 0 atom stereocenters. The number of benzene rings is 1. The van der Waals surface area contributed by atoms with Gasteiger partial charge in [0, 0.05) is 47.0 Å². The molecular formula is C18H28ClFIN3O2. The van der Waals surface area contributed by atoms with Gasteiger partial charge in [-0.25, -0.2) is 4.39 Å². The Bertz CT molecular complexity index is 569. The van der Waals surface area contributed by atoms with Crippen LogP contribution in [0.4, 0.5) is 4.39 Å². The predicted molar refractivity (Wildman–Crippen MR) is 114 cm³/mol. The molecule has 1 aliphatic heterocycles. The van der Waals surface area contributed by atoms with E-state index in [1.54, 1.807) is 26.3 Å². The highest BCUT2D eigenvalue weighted by Crippen LogP contribution is 2.17. The van der Waals surface area contributed by atoms with E-state index in [1.807, 2.05) is 0 Å². The zero-order valence-electron chi connectivity index (χ0n) is 15.3. The van der Waals surface area contributed by atoms with Crippen LogP contribution >= 0.6 is 35.6 Å². The van der Waals surface area contributed by atoms with E-state index >= 15 is 0 Å². The smallest absolute Gasteiger partial charge is 0.193 e. The molecule has 1 N–H and O–H groups in total. The first-order valence-corrected chi connectivity index (χ1v) is 9.02. The molecular weight excluding hydrogens is 472 g/mol. The quantitative estimate of drug-likeness (QED) is 0.269. The summed E-state index contributed by atoms with van der Waals surface area (Å²) in [5.41, 5.74) is 0.920. The van der Waals surface area contributed by atoms with Gasteiger partial charge in [0.15, 0.2) is 5.96 Å². The van der Waals surface area contributed by atoms with Gasteiger partial charge in [-0.1, -0.05) is 17.7 Å². The van der Waals surface area contributed by atoms with Crippen LogP contribution < -0.4 is 5.32 Å². The SMILES string of the molecule is CN=C(NCc1ccc(F)c(Cl)c1)N1CCC(OCCCOC)CC1.I. The minimum Gasteiger partial charge on any atom is -0.385 e. The number of nitrogens with zero attached hydrogens (tertiary/aromatic N) is 2. The van der Waals surface area contributed by atoms with Crippen molar-refractivity contribution in [3.05, 3.63) is 34.6 Å². The molecule has 0 aromatic heterocycles. The molecule has 0 aliphatic carbocycles. The number of methoxy groups -OCH3 is 1. The molecule has 0 radical (unpaired) electrons. The Morgan fingerprint density at radius 3 is 2.69 bits per heavy atom. The number of piperidine rings is 1. The van der Waals surface area contributed by atoms with E-state index in [9.17, 15) is 4.39 Å². The number of likely N-dealkylation sites (tertiary alicyclic amines) is 1. The number of hydrogen-bond donors (Lipinski definition) is 1. The maximum absolute atomic E-state index is 13.2. The van der Waals surface area contributed by atoms with Gasteiger partial charge >= 0.3 is 0 Å². The Balaban J connectivity index is 0.00000338. The lowest BCUT2D eigenvalue weighted by Crippen LogP contribution is -2.46. The Kier molecular flexibility index (Phi) is 11.4. The Labute approximate surface area is 177 Å². The zero-order valence-corrected chi connectivity index (χ0v) is 18.4.